The molecule has 2 aromatic carbocycles. The summed E-state index contributed by atoms with van der Waals surface area (Å²) in [6, 6.07) is 15.2. The number of hydrogen-bond acceptors (Lipinski definition) is 2. The van der Waals surface area contributed by atoms with E-state index in [9.17, 15) is 10.2 Å². The molecule has 2 N–H and O–H groups in total. The summed E-state index contributed by atoms with van der Waals surface area (Å²) in [6.45, 7) is 0. The van der Waals surface area contributed by atoms with Gasteiger partial charge in [0.1, 0.15) is 11.5 Å². The third-order valence-corrected chi connectivity index (χ3v) is 5.05. The number of phenols is 2. The van der Waals surface area contributed by atoms with Crippen LogP contribution in [0.1, 0.15) is 29.4 Å². The molecule has 4 rings (SSSR count). The van der Waals surface area contributed by atoms with Crippen molar-refractivity contribution in [1.29, 1.82) is 0 Å². The van der Waals surface area contributed by atoms with E-state index >= 15 is 0 Å². The summed E-state index contributed by atoms with van der Waals surface area (Å²) in [4.78, 5) is 0. The average molecular weight is 278 g/mol. The minimum atomic E-state index is 0.245. The predicted octanol–water partition coefficient (Wildman–Crippen LogP) is 4.17. The van der Waals surface area contributed by atoms with Crippen LogP contribution < -0.4 is 0 Å². The number of phenolic OH excluding ortho intramolecular Hbond substituents is 2. The van der Waals surface area contributed by atoms with E-state index in [0.29, 0.717) is 23.3 Å². The lowest BCUT2D eigenvalue weighted by molar-refractivity contribution is 0.421. The predicted molar refractivity (Wildman–Crippen MR) is 82.4 cm³/mol. The zero-order valence-corrected chi connectivity index (χ0v) is 11.7. The Morgan fingerprint density at radius 1 is 0.667 bits per heavy atom. The second-order valence-electron chi connectivity index (χ2n) is 6.12. The summed E-state index contributed by atoms with van der Waals surface area (Å²) in [5.41, 5.74) is 2.00. The lowest BCUT2D eigenvalue weighted by Gasteiger charge is -2.29. The van der Waals surface area contributed by atoms with Crippen LogP contribution >= 0.6 is 0 Å². The molecule has 0 aliphatic heterocycles. The van der Waals surface area contributed by atoms with E-state index in [1.165, 1.54) is 0 Å². The van der Waals surface area contributed by atoms with E-state index in [1.54, 1.807) is 12.1 Å². The van der Waals surface area contributed by atoms with E-state index < -0.39 is 0 Å². The molecular weight excluding hydrogens is 260 g/mol. The van der Waals surface area contributed by atoms with Gasteiger partial charge in [0.25, 0.3) is 0 Å². The molecule has 2 aromatic rings. The molecule has 2 heteroatoms. The van der Waals surface area contributed by atoms with Gasteiger partial charge >= 0.3 is 0 Å². The number of benzene rings is 2. The third kappa shape index (κ3) is 1.86. The largest absolute Gasteiger partial charge is 0.508 e. The fourth-order valence-electron chi connectivity index (χ4n) is 4.21. The van der Waals surface area contributed by atoms with Crippen LogP contribution in [0.5, 0.6) is 11.5 Å². The minimum absolute atomic E-state index is 0.245. The number of fused-ring (bicyclic) bond motifs is 2. The first kappa shape index (κ1) is 12.5. The van der Waals surface area contributed by atoms with Gasteiger partial charge in [0, 0.05) is 11.8 Å². The average Bonchev–Trinajstić information content (AvgIpc) is 3.09. The second-order valence-corrected chi connectivity index (χ2v) is 6.12. The van der Waals surface area contributed by atoms with Crippen molar-refractivity contribution < 1.29 is 10.2 Å². The SMILES string of the molecule is Oc1ccccc1[C@@H]1[C@@H]2C=CC(C2)[C@H]1c1ccccc1O. The minimum Gasteiger partial charge on any atom is -0.508 e. The van der Waals surface area contributed by atoms with Gasteiger partial charge in [-0.25, -0.2) is 0 Å². The lowest BCUT2D eigenvalue weighted by Crippen LogP contribution is -2.16. The van der Waals surface area contributed by atoms with Crippen molar-refractivity contribution >= 4 is 0 Å². The molecule has 1 unspecified atom stereocenters. The number of allylic oxidation sites excluding steroid dienone is 2. The van der Waals surface area contributed by atoms with Crippen molar-refractivity contribution in [2.24, 2.45) is 11.8 Å². The van der Waals surface area contributed by atoms with Gasteiger partial charge < -0.3 is 10.2 Å². The van der Waals surface area contributed by atoms with Crippen LogP contribution in [0.15, 0.2) is 60.7 Å². The highest BCUT2D eigenvalue weighted by molar-refractivity contribution is 5.46. The molecule has 0 saturated heterocycles. The molecule has 1 saturated carbocycles. The smallest absolute Gasteiger partial charge is 0.119 e. The van der Waals surface area contributed by atoms with E-state index in [-0.39, 0.29) is 11.8 Å². The molecular formula is C19H18O2. The van der Waals surface area contributed by atoms with E-state index in [0.717, 1.165) is 17.5 Å². The van der Waals surface area contributed by atoms with Crippen molar-refractivity contribution in [3.05, 3.63) is 71.8 Å². The zero-order valence-electron chi connectivity index (χ0n) is 11.7. The maximum Gasteiger partial charge on any atom is 0.119 e. The third-order valence-electron chi connectivity index (χ3n) is 5.05. The Bertz CT molecular complexity index is 645. The highest BCUT2D eigenvalue weighted by Crippen LogP contribution is 2.59. The fraction of sp³-hybridized carbons (Fsp3) is 0.263. The first-order chi connectivity index (χ1) is 10.3. The molecule has 2 aliphatic carbocycles. The Kier molecular flexibility index (Phi) is 2.78. The van der Waals surface area contributed by atoms with E-state index in [4.69, 9.17) is 0 Å². The quantitative estimate of drug-likeness (QED) is 0.809. The first-order valence-electron chi connectivity index (χ1n) is 7.50. The Morgan fingerprint density at radius 3 is 1.52 bits per heavy atom. The topological polar surface area (TPSA) is 40.5 Å². The molecule has 4 atom stereocenters. The standard InChI is InChI=1S/C19H18O2/c20-16-7-3-1-5-14(16)18-12-9-10-13(11-12)19(18)15-6-2-4-8-17(15)21/h1-10,12-13,18-21H,11H2/t12-,13?,18+,19+/m1/s1. The van der Waals surface area contributed by atoms with Crippen LogP contribution in [0.3, 0.4) is 0 Å². The van der Waals surface area contributed by atoms with Crippen LogP contribution in [0, 0.1) is 11.8 Å². The zero-order chi connectivity index (χ0) is 14.4. The Morgan fingerprint density at radius 2 is 1.10 bits per heavy atom. The van der Waals surface area contributed by atoms with Gasteiger partial charge in [-0.2, -0.15) is 0 Å². The summed E-state index contributed by atoms with van der Waals surface area (Å²) in [5, 5.41) is 20.5. The van der Waals surface area contributed by atoms with E-state index in [1.807, 2.05) is 36.4 Å². The van der Waals surface area contributed by atoms with Crippen molar-refractivity contribution in [3.8, 4) is 11.5 Å². The summed E-state index contributed by atoms with van der Waals surface area (Å²) < 4.78 is 0. The Labute approximate surface area is 124 Å². The lowest BCUT2D eigenvalue weighted by atomic mass is 9.74. The van der Waals surface area contributed by atoms with Gasteiger partial charge in [0.05, 0.1) is 0 Å². The van der Waals surface area contributed by atoms with Crippen LogP contribution in [0.4, 0.5) is 0 Å². The summed E-state index contributed by atoms with van der Waals surface area (Å²) in [6.07, 6.45) is 5.66. The molecule has 106 valence electrons. The molecule has 0 amide bonds. The van der Waals surface area contributed by atoms with Gasteiger partial charge in [0.15, 0.2) is 0 Å². The molecule has 0 heterocycles. The highest BCUT2D eigenvalue weighted by atomic mass is 16.3. The van der Waals surface area contributed by atoms with Crippen LogP contribution in [0.25, 0.3) is 0 Å². The number of rotatable bonds is 2. The maximum absolute atomic E-state index is 10.2. The Balaban J connectivity index is 1.84. The van der Waals surface area contributed by atoms with E-state index in [2.05, 4.69) is 12.2 Å². The van der Waals surface area contributed by atoms with Crippen LogP contribution in [0.2, 0.25) is 0 Å². The first-order valence-corrected chi connectivity index (χ1v) is 7.50. The molecule has 0 radical (unpaired) electrons. The van der Waals surface area contributed by atoms with Gasteiger partial charge in [-0.3, -0.25) is 0 Å². The van der Waals surface area contributed by atoms with Gasteiger partial charge in [-0.1, -0.05) is 48.6 Å². The molecule has 1 fully saturated rings. The van der Waals surface area contributed by atoms with Crippen LogP contribution in [-0.4, -0.2) is 10.2 Å². The fourth-order valence-corrected chi connectivity index (χ4v) is 4.21. The summed E-state index contributed by atoms with van der Waals surface area (Å²) in [7, 11) is 0. The van der Waals surface area contributed by atoms with Gasteiger partial charge in [0.2, 0.25) is 0 Å². The molecule has 2 bridgehead atoms. The van der Waals surface area contributed by atoms with Crippen molar-refractivity contribution in [3.63, 3.8) is 0 Å². The van der Waals surface area contributed by atoms with Gasteiger partial charge in [-0.15, -0.1) is 0 Å². The maximum atomic E-state index is 10.2. The van der Waals surface area contributed by atoms with Crippen molar-refractivity contribution in [2.45, 2.75) is 18.3 Å². The van der Waals surface area contributed by atoms with Crippen molar-refractivity contribution in [1.82, 2.24) is 0 Å². The molecule has 21 heavy (non-hydrogen) atoms. The van der Waals surface area contributed by atoms with Crippen molar-refractivity contribution in [2.75, 3.05) is 0 Å². The number of para-hydroxylation sites is 2. The molecule has 2 aliphatic rings. The Hall–Kier alpha value is -2.22. The molecule has 0 aromatic heterocycles. The number of aromatic hydroxyl groups is 2. The normalized spacial score (nSPS) is 29.9. The molecule has 0 spiro atoms. The summed E-state index contributed by atoms with van der Waals surface area (Å²) >= 11 is 0. The summed E-state index contributed by atoms with van der Waals surface area (Å²) in [5.74, 6) is 2.12. The monoisotopic (exact) mass is 278 g/mol. The molecule has 2 nitrogen and oxygen atoms in total. The highest BCUT2D eigenvalue weighted by Gasteiger charge is 2.47. The van der Waals surface area contributed by atoms with Gasteiger partial charge in [-0.05, 0) is 41.5 Å². The second kappa shape index (κ2) is 4.66. The number of hydrogen-bond donors (Lipinski definition) is 2. The van der Waals surface area contributed by atoms with Crippen LogP contribution in [-0.2, 0) is 0 Å².